The van der Waals surface area contributed by atoms with Crippen molar-refractivity contribution in [3.8, 4) is 17.2 Å². The minimum absolute atomic E-state index is 0.00731. The summed E-state index contributed by atoms with van der Waals surface area (Å²) in [4.78, 5) is 50.7. The first kappa shape index (κ1) is 47.9. The highest BCUT2D eigenvalue weighted by atomic mass is 32.2. The zero-order valence-corrected chi connectivity index (χ0v) is 37.0. The van der Waals surface area contributed by atoms with Crippen molar-refractivity contribution in [2.45, 2.75) is 87.7 Å². The van der Waals surface area contributed by atoms with Crippen LogP contribution in [-0.2, 0) is 36.6 Å². The number of aryl methyl sites for hydroxylation is 1. The Morgan fingerprint density at radius 3 is 2.27 bits per heavy atom. The summed E-state index contributed by atoms with van der Waals surface area (Å²) >= 11 is 1.72. The van der Waals surface area contributed by atoms with Crippen LogP contribution in [0.5, 0.6) is 17.2 Å². The number of nitrogens with one attached hydrogen (secondary N) is 1. The molecule has 0 aliphatic carbocycles. The van der Waals surface area contributed by atoms with E-state index in [2.05, 4.69) is 35.8 Å². The van der Waals surface area contributed by atoms with E-state index in [1.807, 2.05) is 69.3 Å². The number of Topliss-reactive ketones (excluding diaryl/α,β-unsaturated/α-hetero) is 1. The molecule has 1 aliphatic rings. The average molecular weight is 877 g/mol. The summed E-state index contributed by atoms with van der Waals surface area (Å²) in [5.74, 6) is -0.0629. The monoisotopic (exact) mass is 876 g/mol. The van der Waals surface area contributed by atoms with Gasteiger partial charge in [-0.3, -0.25) is 10.2 Å². The number of hydrogen-bond acceptors (Lipinski definition) is 13. The Morgan fingerprint density at radius 1 is 0.825 bits per heavy atom. The zero-order valence-electron chi connectivity index (χ0n) is 36.2. The Bertz CT molecular complexity index is 2170. The second kappa shape index (κ2) is 24.5. The van der Waals surface area contributed by atoms with Gasteiger partial charge in [0.05, 0.1) is 30.4 Å². The van der Waals surface area contributed by atoms with E-state index in [0.29, 0.717) is 60.5 Å². The number of ether oxygens (including phenoxy) is 6. The van der Waals surface area contributed by atoms with Crippen LogP contribution in [0.25, 0.3) is 0 Å². The molecule has 4 aromatic rings. The van der Waals surface area contributed by atoms with Crippen molar-refractivity contribution in [3.63, 3.8) is 0 Å². The van der Waals surface area contributed by atoms with E-state index in [9.17, 15) is 19.2 Å². The van der Waals surface area contributed by atoms with Crippen molar-refractivity contribution < 1.29 is 47.6 Å². The van der Waals surface area contributed by atoms with Crippen LogP contribution in [0.15, 0.2) is 126 Å². The van der Waals surface area contributed by atoms with Gasteiger partial charge in [0.1, 0.15) is 29.5 Å². The number of unbranched alkanes of at least 4 members (excludes halogenated alkanes) is 2. The predicted molar refractivity (Wildman–Crippen MR) is 244 cm³/mol. The van der Waals surface area contributed by atoms with Gasteiger partial charge in [0.25, 0.3) is 0 Å². The molecule has 5 rings (SSSR count). The first-order chi connectivity index (χ1) is 30.4. The molecule has 2 atom stereocenters. The third-order valence-electron chi connectivity index (χ3n) is 9.44. The van der Waals surface area contributed by atoms with Crippen LogP contribution in [0.2, 0.25) is 0 Å². The van der Waals surface area contributed by atoms with Gasteiger partial charge in [-0.2, -0.15) is 5.10 Å². The number of nitrogens with zero attached hydrogens (tertiary/aromatic N) is 1. The average Bonchev–Trinajstić information content (AvgIpc) is 3.70. The molecule has 0 bridgehead atoms. The van der Waals surface area contributed by atoms with Gasteiger partial charge in [0.15, 0.2) is 11.9 Å². The van der Waals surface area contributed by atoms with Gasteiger partial charge in [-0.25, -0.2) is 14.4 Å². The summed E-state index contributed by atoms with van der Waals surface area (Å²) in [5.41, 5.74) is 6.80. The number of fused-ring (bicyclic) bond motifs is 1. The van der Waals surface area contributed by atoms with Gasteiger partial charge in [0, 0.05) is 47.6 Å². The normalized spacial score (nSPS) is 13.7. The lowest BCUT2D eigenvalue weighted by Crippen LogP contribution is -2.29. The molecule has 0 radical (unpaired) electrons. The molecule has 63 heavy (non-hydrogen) atoms. The molecule has 0 amide bonds. The summed E-state index contributed by atoms with van der Waals surface area (Å²) in [6.07, 6.45) is 7.83. The molecule has 12 nitrogen and oxygen atoms in total. The van der Waals surface area contributed by atoms with Crippen LogP contribution in [0.3, 0.4) is 0 Å². The van der Waals surface area contributed by atoms with Crippen LogP contribution in [0.4, 0.5) is 0 Å². The summed E-state index contributed by atoms with van der Waals surface area (Å²) in [6, 6.07) is 27.6. The third kappa shape index (κ3) is 16.6. The van der Waals surface area contributed by atoms with Gasteiger partial charge < -0.3 is 28.4 Å². The standard InChI is InChI=1S/C50H56N2O10S/c1-6-47(54)58-29-13-12-28-57-33-42(60-48(55)7-2)34-59-40-23-21-37(22-24-40)49(56)61-44-27-18-35(30-39(44)32-51-52-46-31-38-15-9-11-17-45(38)63-46)14-8-10-16-43(53)36-19-25-41(26-20-36)62-50(3,4)5/h6-7,9,11,15,17-27,30,32,42,46,52H,1-2,8,10,12-14,16,28-29,31,33-34H2,3-5H3/b51-32+. The summed E-state index contributed by atoms with van der Waals surface area (Å²) < 4.78 is 33.7. The minimum atomic E-state index is -0.723. The Morgan fingerprint density at radius 2 is 1.54 bits per heavy atom. The van der Waals surface area contributed by atoms with Crippen LogP contribution in [-0.4, -0.2) is 73.4 Å². The highest BCUT2D eigenvalue weighted by Crippen LogP contribution is 2.35. The van der Waals surface area contributed by atoms with Gasteiger partial charge in [0.2, 0.25) is 0 Å². The topological polar surface area (TPSA) is 148 Å². The van der Waals surface area contributed by atoms with Crippen molar-refractivity contribution in [1.82, 2.24) is 5.43 Å². The highest BCUT2D eigenvalue weighted by Gasteiger charge is 2.21. The molecule has 0 fully saturated rings. The Balaban J connectivity index is 1.16. The SMILES string of the molecule is C=CC(=O)OCCCCOCC(COc1ccc(C(=O)Oc2ccc(CCCCC(=O)c3ccc(OC(C)(C)C)cc3)cc2/C=N/NC2Cc3ccccc3S2)cc1)OC(=O)C=C. The number of rotatable bonds is 25. The number of benzene rings is 4. The maximum atomic E-state index is 13.4. The smallest absolute Gasteiger partial charge is 0.343 e. The lowest BCUT2D eigenvalue weighted by atomic mass is 10.0. The molecule has 0 saturated carbocycles. The molecule has 0 spiro atoms. The fourth-order valence-corrected chi connectivity index (χ4v) is 7.47. The molecule has 2 unspecified atom stereocenters. The summed E-state index contributed by atoms with van der Waals surface area (Å²) in [5, 5.41) is 4.63. The van der Waals surface area contributed by atoms with E-state index in [4.69, 9.17) is 28.4 Å². The Hall–Kier alpha value is -6.18. The van der Waals surface area contributed by atoms with Gasteiger partial charge in [-0.1, -0.05) is 49.2 Å². The Kier molecular flexibility index (Phi) is 18.6. The quantitative estimate of drug-likeness (QED) is 0.0129. The third-order valence-corrected chi connectivity index (χ3v) is 10.6. The molecule has 1 N–H and O–H groups in total. The van der Waals surface area contributed by atoms with E-state index in [-0.39, 0.29) is 36.6 Å². The van der Waals surface area contributed by atoms with Crippen molar-refractivity contribution in [2.24, 2.45) is 5.10 Å². The minimum Gasteiger partial charge on any atom is -0.490 e. The van der Waals surface area contributed by atoms with Crippen LogP contribution in [0.1, 0.15) is 90.3 Å². The lowest BCUT2D eigenvalue weighted by molar-refractivity contribution is -0.148. The number of hydrogen-bond donors (Lipinski definition) is 1. The van der Waals surface area contributed by atoms with E-state index in [1.54, 1.807) is 48.3 Å². The van der Waals surface area contributed by atoms with E-state index >= 15 is 0 Å². The molecule has 4 aromatic carbocycles. The number of ketones is 1. The number of carbonyl (C=O) groups excluding carboxylic acids is 4. The van der Waals surface area contributed by atoms with Gasteiger partial charge >= 0.3 is 17.9 Å². The second-order valence-electron chi connectivity index (χ2n) is 15.7. The maximum Gasteiger partial charge on any atom is 0.343 e. The van der Waals surface area contributed by atoms with Gasteiger partial charge in [-0.15, -0.1) is 0 Å². The van der Waals surface area contributed by atoms with Crippen molar-refractivity contribution in [3.05, 3.63) is 144 Å². The van der Waals surface area contributed by atoms with Crippen molar-refractivity contribution in [1.29, 1.82) is 0 Å². The lowest BCUT2D eigenvalue weighted by Gasteiger charge is -2.21. The molecule has 13 heteroatoms. The summed E-state index contributed by atoms with van der Waals surface area (Å²) in [7, 11) is 0. The van der Waals surface area contributed by atoms with Gasteiger partial charge in [-0.05, 0) is 131 Å². The molecule has 332 valence electrons. The number of thioether (sulfide) groups is 1. The number of hydrazone groups is 1. The van der Waals surface area contributed by atoms with Crippen molar-refractivity contribution >= 4 is 41.7 Å². The highest BCUT2D eigenvalue weighted by molar-refractivity contribution is 8.00. The van der Waals surface area contributed by atoms with E-state index in [1.165, 1.54) is 10.5 Å². The molecular weight excluding hydrogens is 821 g/mol. The molecule has 0 saturated heterocycles. The first-order valence-corrected chi connectivity index (χ1v) is 21.9. The summed E-state index contributed by atoms with van der Waals surface area (Å²) in [6.45, 7) is 13.4. The zero-order chi connectivity index (χ0) is 45.0. The fraction of sp³-hybridized carbons (Fsp3) is 0.340. The Labute approximate surface area is 374 Å². The number of carbonyl (C=O) groups is 4. The van der Waals surface area contributed by atoms with Crippen LogP contribution >= 0.6 is 11.8 Å². The molecule has 1 aliphatic heterocycles. The van der Waals surface area contributed by atoms with E-state index in [0.717, 1.165) is 42.7 Å². The molecule has 1 heterocycles. The number of esters is 3. The largest absolute Gasteiger partial charge is 0.490 e. The molecule has 0 aromatic heterocycles. The molecular formula is C50H56N2O10S. The maximum absolute atomic E-state index is 13.4. The first-order valence-electron chi connectivity index (χ1n) is 21.0. The van der Waals surface area contributed by atoms with Crippen LogP contribution < -0.4 is 19.6 Å². The second-order valence-corrected chi connectivity index (χ2v) is 16.9. The van der Waals surface area contributed by atoms with Crippen molar-refractivity contribution in [2.75, 3.05) is 26.4 Å². The van der Waals surface area contributed by atoms with Crippen LogP contribution in [0, 0.1) is 0 Å². The van der Waals surface area contributed by atoms with E-state index < -0.39 is 24.0 Å². The fourth-order valence-electron chi connectivity index (χ4n) is 6.33. The predicted octanol–water partition coefficient (Wildman–Crippen LogP) is 9.28.